The number of amides is 2. The predicted molar refractivity (Wildman–Crippen MR) is 92.3 cm³/mol. The first-order valence-corrected chi connectivity index (χ1v) is 9.26. The summed E-state index contributed by atoms with van der Waals surface area (Å²) in [4.78, 5) is 32.5. The zero-order chi connectivity index (χ0) is 17.0. The Morgan fingerprint density at radius 2 is 1.96 bits per heavy atom. The van der Waals surface area contributed by atoms with E-state index in [4.69, 9.17) is 4.84 Å². The molecule has 0 saturated heterocycles. The van der Waals surface area contributed by atoms with Gasteiger partial charge in [-0.1, -0.05) is 0 Å². The van der Waals surface area contributed by atoms with E-state index in [1.165, 1.54) is 0 Å². The van der Waals surface area contributed by atoms with Crippen LogP contribution in [0.2, 0.25) is 0 Å². The van der Waals surface area contributed by atoms with Gasteiger partial charge in [0.05, 0.1) is 0 Å². The molecule has 0 aliphatic carbocycles. The molecule has 2 rings (SSSR count). The van der Waals surface area contributed by atoms with Crippen LogP contribution in [0.1, 0.15) is 30.1 Å². The molecule has 8 heteroatoms. The third kappa shape index (κ3) is 5.00. The number of carbonyl (C=O) groups is 2. The summed E-state index contributed by atoms with van der Waals surface area (Å²) in [6.45, 7) is 5.50. The fourth-order valence-corrected chi connectivity index (χ4v) is 3.81. The molecule has 1 aromatic heterocycles. The molecule has 0 atom stereocenters. The Balaban J connectivity index is 2.29. The molecule has 0 unspecified atom stereocenters. The topological polar surface area (TPSA) is 80.3 Å². The number of hydrogen-bond acceptors (Lipinski definition) is 4. The van der Waals surface area contributed by atoms with Crippen LogP contribution in [0.15, 0.2) is 28.7 Å². The van der Waals surface area contributed by atoms with Crippen LogP contribution >= 0.6 is 15.9 Å². The number of anilines is 1. The Labute approximate surface area is 148 Å². The van der Waals surface area contributed by atoms with E-state index in [1.54, 1.807) is 0 Å². The van der Waals surface area contributed by atoms with Crippen molar-refractivity contribution in [3.8, 4) is 10.0 Å². The Morgan fingerprint density at radius 3 is 2.52 bits per heavy atom. The summed E-state index contributed by atoms with van der Waals surface area (Å²) in [5.41, 5.74) is 2.83. The van der Waals surface area contributed by atoms with Gasteiger partial charge >= 0.3 is 148 Å². The van der Waals surface area contributed by atoms with E-state index in [0.29, 0.717) is 16.8 Å². The van der Waals surface area contributed by atoms with Gasteiger partial charge in [0.25, 0.3) is 0 Å². The molecular formula is C15H16BrN3O3Se. The number of rotatable bonds is 5. The van der Waals surface area contributed by atoms with E-state index >= 15 is 0 Å². The van der Waals surface area contributed by atoms with Crippen LogP contribution in [0.4, 0.5) is 5.82 Å². The molecule has 1 heterocycles. The Bertz CT molecular complexity index is 708. The molecule has 6 nitrogen and oxygen atoms in total. The monoisotopic (exact) mass is 445 g/mol. The Kier molecular flexibility index (Phi) is 5.75. The molecule has 0 saturated carbocycles. The van der Waals surface area contributed by atoms with Crippen molar-refractivity contribution in [1.82, 2.24) is 10.5 Å². The van der Waals surface area contributed by atoms with E-state index in [2.05, 4.69) is 31.7 Å². The number of nitrogens with one attached hydrogen (secondary N) is 2. The second-order valence-electron chi connectivity index (χ2n) is 5.61. The van der Waals surface area contributed by atoms with E-state index in [0.717, 1.165) is 14.5 Å². The quantitative estimate of drug-likeness (QED) is 0.422. The van der Waals surface area contributed by atoms with E-state index < -0.39 is 11.5 Å². The number of benzene rings is 1. The SMILES string of the molecule is CC(C)(C)ONC(=O)c1nc(NC=O)c(-c2ccc(Br)cc2)[se]1. The van der Waals surface area contributed by atoms with Gasteiger partial charge in [-0.15, -0.1) is 0 Å². The first-order valence-electron chi connectivity index (χ1n) is 6.75. The molecule has 2 N–H and O–H groups in total. The molecule has 0 bridgehead atoms. The molecule has 0 fully saturated rings. The van der Waals surface area contributed by atoms with Gasteiger partial charge in [-0.2, -0.15) is 0 Å². The van der Waals surface area contributed by atoms with Crippen molar-refractivity contribution < 1.29 is 14.4 Å². The maximum absolute atomic E-state index is 12.2. The van der Waals surface area contributed by atoms with Crippen LogP contribution in [-0.4, -0.2) is 37.4 Å². The summed E-state index contributed by atoms with van der Waals surface area (Å²) >= 11 is 3.05. The van der Waals surface area contributed by atoms with Crippen LogP contribution in [0.5, 0.6) is 0 Å². The summed E-state index contributed by atoms with van der Waals surface area (Å²) in [6.07, 6.45) is 0.556. The Morgan fingerprint density at radius 1 is 1.30 bits per heavy atom. The molecule has 0 radical (unpaired) electrons. The molecule has 2 amide bonds. The van der Waals surface area contributed by atoms with E-state index in [-0.39, 0.29) is 14.5 Å². The van der Waals surface area contributed by atoms with Gasteiger partial charge in [-0.05, 0) is 0 Å². The van der Waals surface area contributed by atoms with Crippen LogP contribution < -0.4 is 10.8 Å². The van der Waals surface area contributed by atoms with Gasteiger partial charge in [0, 0.05) is 0 Å². The molecule has 1 aromatic carbocycles. The summed E-state index contributed by atoms with van der Waals surface area (Å²) in [6, 6.07) is 7.63. The molecule has 0 spiro atoms. The predicted octanol–water partition coefficient (Wildman–Crippen LogP) is 2.60. The summed E-state index contributed by atoms with van der Waals surface area (Å²) in [5, 5.41) is 2.56. The molecule has 0 aliphatic heterocycles. The molecule has 0 aliphatic rings. The zero-order valence-electron chi connectivity index (χ0n) is 12.8. The average Bonchev–Trinajstić information content (AvgIpc) is 2.89. The van der Waals surface area contributed by atoms with Gasteiger partial charge in [0.2, 0.25) is 0 Å². The number of nitrogens with zero attached hydrogens (tertiary/aromatic N) is 1. The van der Waals surface area contributed by atoms with Gasteiger partial charge in [-0.25, -0.2) is 0 Å². The Hall–Kier alpha value is -1.47. The molecule has 2 aromatic rings. The van der Waals surface area contributed by atoms with E-state index in [9.17, 15) is 9.59 Å². The fourth-order valence-electron chi connectivity index (χ4n) is 1.61. The van der Waals surface area contributed by atoms with Gasteiger partial charge in [0.1, 0.15) is 0 Å². The second kappa shape index (κ2) is 7.40. The van der Waals surface area contributed by atoms with Gasteiger partial charge in [0.15, 0.2) is 0 Å². The van der Waals surface area contributed by atoms with Crippen LogP contribution in [0.3, 0.4) is 0 Å². The minimum atomic E-state index is -0.492. The van der Waals surface area contributed by atoms with Gasteiger partial charge in [-0.3, -0.25) is 0 Å². The van der Waals surface area contributed by atoms with Crippen LogP contribution in [-0.2, 0) is 9.63 Å². The van der Waals surface area contributed by atoms with E-state index in [1.807, 2.05) is 45.0 Å². The van der Waals surface area contributed by atoms with Crippen molar-refractivity contribution >= 4 is 48.6 Å². The van der Waals surface area contributed by atoms with Crippen LogP contribution in [0, 0.1) is 0 Å². The first-order chi connectivity index (χ1) is 10.8. The second-order valence-corrected chi connectivity index (χ2v) is 8.62. The number of halogens is 1. The summed E-state index contributed by atoms with van der Waals surface area (Å²) in [5.74, 6) is 0.0143. The van der Waals surface area contributed by atoms with Crippen molar-refractivity contribution in [1.29, 1.82) is 0 Å². The van der Waals surface area contributed by atoms with Crippen molar-refractivity contribution in [2.24, 2.45) is 0 Å². The molecule has 122 valence electrons. The first kappa shape index (κ1) is 17.9. The number of hydroxylamine groups is 1. The van der Waals surface area contributed by atoms with Crippen molar-refractivity contribution in [2.45, 2.75) is 26.4 Å². The van der Waals surface area contributed by atoms with Crippen molar-refractivity contribution in [3.63, 3.8) is 0 Å². The number of carbonyl (C=O) groups excluding carboxylic acids is 2. The third-order valence-electron chi connectivity index (χ3n) is 2.57. The summed E-state index contributed by atoms with van der Waals surface area (Å²) < 4.78 is 2.15. The summed E-state index contributed by atoms with van der Waals surface area (Å²) in [7, 11) is 0. The van der Waals surface area contributed by atoms with Crippen molar-refractivity contribution in [2.75, 3.05) is 5.32 Å². The zero-order valence-corrected chi connectivity index (χ0v) is 16.1. The standard InChI is InChI=1S/C15H16BrN3O3Se/c1-15(2,3)22-19-13(21)14-18-12(17-8-20)11(23-14)9-4-6-10(16)7-5-9/h4-8H,1-3H3,(H,17,20)(H,19,21). The minimum absolute atomic E-state index is 0.329. The van der Waals surface area contributed by atoms with Crippen molar-refractivity contribution in [3.05, 3.63) is 33.3 Å². The normalized spacial score (nSPS) is 11.1. The average molecular weight is 445 g/mol. The maximum atomic E-state index is 12.2. The number of hydrogen-bond donors (Lipinski definition) is 2. The molecular weight excluding hydrogens is 429 g/mol. The van der Waals surface area contributed by atoms with Crippen LogP contribution in [0.25, 0.3) is 10.0 Å². The fraction of sp³-hybridized carbons (Fsp3) is 0.267. The molecule has 23 heavy (non-hydrogen) atoms. The third-order valence-corrected chi connectivity index (χ3v) is 5.42. The number of aromatic nitrogens is 1. The van der Waals surface area contributed by atoms with Gasteiger partial charge < -0.3 is 0 Å².